The topological polar surface area (TPSA) is 97.1 Å². The first kappa shape index (κ1) is 17.8. The van der Waals surface area contributed by atoms with Crippen LogP contribution in [0, 0.1) is 11.7 Å². The summed E-state index contributed by atoms with van der Waals surface area (Å²) in [6, 6.07) is 5.51. The average Bonchev–Trinajstić information content (AvgIpc) is 3.24. The molecule has 1 saturated carbocycles. The molecule has 3 rings (SSSR count). The van der Waals surface area contributed by atoms with E-state index in [1.54, 1.807) is 35.2 Å². The van der Waals surface area contributed by atoms with Gasteiger partial charge in [0.25, 0.3) is 0 Å². The summed E-state index contributed by atoms with van der Waals surface area (Å²) >= 11 is 0. The Morgan fingerprint density at radius 1 is 1.38 bits per heavy atom. The number of hydrogen-bond donors (Lipinski definition) is 2. The molecule has 1 heterocycles. The van der Waals surface area contributed by atoms with Gasteiger partial charge in [-0.3, -0.25) is 9.59 Å². The fourth-order valence-electron chi connectivity index (χ4n) is 3.24. The fourth-order valence-corrected chi connectivity index (χ4v) is 3.24. The van der Waals surface area contributed by atoms with Crippen molar-refractivity contribution in [3.63, 3.8) is 0 Å². The zero-order valence-electron chi connectivity index (χ0n) is 14.0. The molecule has 26 heavy (non-hydrogen) atoms. The zero-order valence-corrected chi connectivity index (χ0v) is 14.0. The van der Waals surface area contributed by atoms with Gasteiger partial charge in [-0.05, 0) is 30.5 Å². The smallest absolute Gasteiger partial charge is 0.306 e. The van der Waals surface area contributed by atoms with Gasteiger partial charge in [0.1, 0.15) is 5.82 Å². The van der Waals surface area contributed by atoms with Crippen molar-refractivity contribution in [1.82, 2.24) is 20.3 Å². The molecule has 1 aromatic carbocycles. The highest BCUT2D eigenvalue weighted by atomic mass is 19.1. The van der Waals surface area contributed by atoms with Gasteiger partial charge in [-0.15, -0.1) is 5.10 Å². The highest BCUT2D eigenvalue weighted by Gasteiger charge is 2.40. The summed E-state index contributed by atoms with van der Waals surface area (Å²) in [7, 11) is 0. The van der Waals surface area contributed by atoms with Crippen LogP contribution in [0.4, 0.5) is 4.39 Å². The number of nitrogens with one attached hydrogen (secondary N) is 1. The molecule has 1 fully saturated rings. The van der Waals surface area contributed by atoms with Crippen LogP contribution in [0.1, 0.15) is 30.9 Å². The molecule has 136 valence electrons. The second kappa shape index (κ2) is 7.90. The summed E-state index contributed by atoms with van der Waals surface area (Å²) in [5, 5.41) is 19.8. The van der Waals surface area contributed by atoms with Crippen LogP contribution in [-0.4, -0.2) is 38.0 Å². The molecule has 1 amide bonds. The lowest BCUT2D eigenvalue weighted by Crippen LogP contribution is -2.38. The lowest BCUT2D eigenvalue weighted by atomic mass is 10.1. The van der Waals surface area contributed by atoms with Crippen molar-refractivity contribution < 1.29 is 19.1 Å². The van der Waals surface area contributed by atoms with Gasteiger partial charge in [0.15, 0.2) is 0 Å². The van der Waals surface area contributed by atoms with Gasteiger partial charge in [0.2, 0.25) is 5.91 Å². The molecule has 0 bridgehead atoms. The number of benzene rings is 1. The number of aliphatic carboxylic acids is 1. The van der Waals surface area contributed by atoms with Gasteiger partial charge in [0.05, 0.1) is 24.2 Å². The minimum atomic E-state index is -0.877. The molecule has 0 spiro atoms. The summed E-state index contributed by atoms with van der Waals surface area (Å²) in [6.45, 7) is 0. The standard InChI is InChI=1S/C18H19FN4O3/c19-14-5-1-3-12(9-14)4-2-6-17(24)21-15-10-13(18(25)26)11-16(15)23-8-7-20-22-23/h1-5,7-9,13,15-16H,6,10-11H2,(H,21,24)(H,25,26)/b4-2+/t13?,15-,16+/m1/s1. The Morgan fingerprint density at radius 3 is 2.92 bits per heavy atom. The molecule has 1 aliphatic rings. The van der Waals surface area contributed by atoms with E-state index in [2.05, 4.69) is 15.6 Å². The normalized spacial score (nSPS) is 22.6. The molecule has 3 atom stereocenters. The van der Waals surface area contributed by atoms with E-state index in [4.69, 9.17) is 0 Å². The van der Waals surface area contributed by atoms with Gasteiger partial charge in [0, 0.05) is 12.6 Å². The first-order chi connectivity index (χ1) is 12.5. The number of carboxylic acids is 1. The Labute approximate surface area is 149 Å². The molecule has 1 aromatic heterocycles. The minimum absolute atomic E-state index is 0.120. The molecule has 2 N–H and O–H groups in total. The highest BCUT2D eigenvalue weighted by Crippen LogP contribution is 2.34. The van der Waals surface area contributed by atoms with Crippen molar-refractivity contribution in [1.29, 1.82) is 0 Å². The fraction of sp³-hybridized carbons (Fsp3) is 0.333. The number of rotatable bonds is 6. The van der Waals surface area contributed by atoms with E-state index in [1.807, 2.05) is 0 Å². The highest BCUT2D eigenvalue weighted by molar-refractivity contribution is 5.79. The second-order valence-corrected chi connectivity index (χ2v) is 6.29. The monoisotopic (exact) mass is 358 g/mol. The summed E-state index contributed by atoms with van der Waals surface area (Å²) in [5.41, 5.74) is 0.671. The van der Waals surface area contributed by atoms with Gasteiger partial charge in [-0.1, -0.05) is 29.5 Å². The van der Waals surface area contributed by atoms with Crippen molar-refractivity contribution >= 4 is 18.0 Å². The van der Waals surface area contributed by atoms with Crippen LogP contribution in [0.25, 0.3) is 6.08 Å². The summed E-state index contributed by atoms with van der Waals surface area (Å²) in [5.74, 6) is -1.97. The molecular formula is C18H19FN4O3. The second-order valence-electron chi connectivity index (χ2n) is 6.29. The van der Waals surface area contributed by atoms with E-state index in [0.29, 0.717) is 18.4 Å². The Hall–Kier alpha value is -3.03. The number of hydrogen-bond acceptors (Lipinski definition) is 4. The molecule has 7 nitrogen and oxygen atoms in total. The van der Waals surface area contributed by atoms with Gasteiger partial charge in [-0.25, -0.2) is 9.07 Å². The number of aromatic nitrogens is 3. The lowest BCUT2D eigenvalue weighted by molar-refractivity contribution is -0.141. The van der Waals surface area contributed by atoms with Crippen LogP contribution in [-0.2, 0) is 9.59 Å². The van der Waals surface area contributed by atoms with Crippen molar-refractivity contribution in [2.75, 3.05) is 0 Å². The van der Waals surface area contributed by atoms with Gasteiger partial charge >= 0.3 is 5.97 Å². The SMILES string of the molecule is O=C(C/C=C/c1cccc(F)c1)N[C@@H]1CC(C(=O)O)C[C@@H]1n1ccnn1. The van der Waals surface area contributed by atoms with Crippen LogP contribution < -0.4 is 5.32 Å². The maximum absolute atomic E-state index is 13.1. The molecule has 8 heteroatoms. The summed E-state index contributed by atoms with van der Waals surface area (Å²) in [6.07, 6.45) is 7.37. The van der Waals surface area contributed by atoms with Crippen molar-refractivity contribution in [3.05, 3.63) is 54.1 Å². The summed E-state index contributed by atoms with van der Waals surface area (Å²) in [4.78, 5) is 23.5. The minimum Gasteiger partial charge on any atom is -0.481 e. The van der Waals surface area contributed by atoms with Crippen molar-refractivity contribution in [2.45, 2.75) is 31.3 Å². The third-order valence-electron chi connectivity index (χ3n) is 4.47. The first-order valence-corrected chi connectivity index (χ1v) is 8.33. The maximum atomic E-state index is 13.1. The molecule has 2 aromatic rings. The molecule has 1 aliphatic carbocycles. The molecule has 0 radical (unpaired) electrons. The first-order valence-electron chi connectivity index (χ1n) is 8.33. The Morgan fingerprint density at radius 2 is 2.23 bits per heavy atom. The van der Waals surface area contributed by atoms with Crippen LogP contribution >= 0.6 is 0 Å². The molecular weight excluding hydrogens is 339 g/mol. The molecule has 0 aliphatic heterocycles. The number of halogens is 1. The Balaban J connectivity index is 1.60. The number of nitrogens with zero attached hydrogens (tertiary/aromatic N) is 3. The van der Waals surface area contributed by atoms with Crippen molar-refractivity contribution in [3.8, 4) is 0 Å². The van der Waals surface area contributed by atoms with Gasteiger partial charge in [-0.2, -0.15) is 0 Å². The van der Waals surface area contributed by atoms with Gasteiger partial charge < -0.3 is 10.4 Å². The predicted molar refractivity (Wildman–Crippen MR) is 91.4 cm³/mol. The Kier molecular flexibility index (Phi) is 5.40. The molecule has 1 unspecified atom stereocenters. The van der Waals surface area contributed by atoms with Crippen LogP contribution in [0.2, 0.25) is 0 Å². The largest absolute Gasteiger partial charge is 0.481 e. The Bertz CT molecular complexity index is 807. The third-order valence-corrected chi connectivity index (χ3v) is 4.47. The third kappa shape index (κ3) is 4.33. The summed E-state index contributed by atoms with van der Waals surface area (Å²) < 4.78 is 14.7. The maximum Gasteiger partial charge on any atom is 0.306 e. The van der Waals surface area contributed by atoms with Crippen LogP contribution in [0.15, 0.2) is 42.7 Å². The van der Waals surface area contributed by atoms with Crippen molar-refractivity contribution in [2.24, 2.45) is 5.92 Å². The van der Waals surface area contributed by atoms with E-state index in [1.165, 1.54) is 18.3 Å². The van der Waals surface area contributed by atoms with E-state index >= 15 is 0 Å². The average molecular weight is 358 g/mol. The van der Waals surface area contributed by atoms with E-state index in [-0.39, 0.29) is 30.2 Å². The number of carboxylic acid groups (broad SMARTS) is 1. The van der Waals surface area contributed by atoms with E-state index < -0.39 is 11.9 Å². The lowest BCUT2D eigenvalue weighted by Gasteiger charge is -2.20. The predicted octanol–water partition coefficient (Wildman–Crippen LogP) is 2.04. The number of amides is 1. The van der Waals surface area contributed by atoms with E-state index in [9.17, 15) is 19.1 Å². The number of carbonyl (C=O) groups is 2. The zero-order chi connectivity index (χ0) is 18.5. The van der Waals surface area contributed by atoms with Crippen LogP contribution in [0.3, 0.4) is 0 Å². The molecule has 0 saturated heterocycles. The number of carbonyl (C=O) groups excluding carboxylic acids is 1. The van der Waals surface area contributed by atoms with Crippen LogP contribution in [0.5, 0.6) is 0 Å². The van der Waals surface area contributed by atoms with E-state index in [0.717, 1.165) is 0 Å². The quantitative estimate of drug-likeness (QED) is 0.824.